The Bertz CT molecular complexity index is 374. The molecule has 17 heavy (non-hydrogen) atoms. The van der Waals surface area contributed by atoms with Crippen LogP contribution in [0.4, 0.5) is 5.69 Å². The highest BCUT2D eigenvalue weighted by atomic mass is 16.5. The molecule has 0 spiro atoms. The van der Waals surface area contributed by atoms with E-state index in [-0.39, 0.29) is 5.97 Å². The minimum Gasteiger partial charge on any atom is -0.462 e. The molecular weight excluding hydrogens is 214 g/mol. The van der Waals surface area contributed by atoms with E-state index in [2.05, 4.69) is 6.92 Å². The second-order valence-electron chi connectivity index (χ2n) is 4.29. The molecule has 0 unspecified atom stereocenters. The monoisotopic (exact) mass is 235 g/mol. The van der Waals surface area contributed by atoms with Gasteiger partial charge >= 0.3 is 5.97 Å². The van der Waals surface area contributed by atoms with Crippen LogP contribution in [-0.2, 0) is 4.74 Å². The maximum absolute atomic E-state index is 11.7. The summed E-state index contributed by atoms with van der Waals surface area (Å²) in [6.45, 7) is 4.56. The third-order valence-electron chi connectivity index (χ3n) is 2.66. The van der Waals surface area contributed by atoms with Crippen molar-refractivity contribution >= 4 is 11.7 Å². The summed E-state index contributed by atoms with van der Waals surface area (Å²) in [7, 11) is 0. The fourth-order valence-corrected chi connectivity index (χ4v) is 1.62. The van der Waals surface area contributed by atoms with Crippen molar-refractivity contribution in [2.24, 2.45) is 0 Å². The lowest BCUT2D eigenvalue weighted by atomic mass is 10.1. The highest BCUT2D eigenvalue weighted by Gasteiger charge is 2.10. The van der Waals surface area contributed by atoms with Crippen LogP contribution in [0.25, 0.3) is 0 Å². The first-order valence-corrected chi connectivity index (χ1v) is 6.18. The van der Waals surface area contributed by atoms with Gasteiger partial charge in [0.25, 0.3) is 0 Å². The molecule has 0 fully saturated rings. The SMILES string of the molecule is CCCCCCOC(=O)c1cc(C)ccc1N. The number of nitrogen functional groups attached to an aromatic ring is 1. The first kappa shape index (κ1) is 13.6. The van der Waals surface area contributed by atoms with Crippen molar-refractivity contribution < 1.29 is 9.53 Å². The zero-order chi connectivity index (χ0) is 12.7. The number of hydrogen-bond acceptors (Lipinski definition) is 3. The summed E-state index contributed by atoms with van der Waals surface area (Å²) in [5.74, 6) is -0.317. The summed E-state index contributed by atoms with van der Waals surface area (Å²) in [5.41, 5.74) is 7.71. The van der Waals surface area contributed by atoms with E-state index < -0.39 is 0 Å². The maximum atomic E-state index is 11.7. The van der Waals surface area contributed by atoms with Crippen LogP contribution in [0.2, 0.25) is 0 Å². The fraction of sp³-hybridized carbons (Fsp3) is 0.500. The van der Waals surface area contributed by atoms with Crippen LogP contribution >= 0.6 is 0 Å². The van der Waals surface area contributed by atoms with Crippen LogP contribution in [0.5, 0.6) is 0 Å². The molecule has 0 aliphatic carbocycles. The molecule has 0 aliphatic rings. The van der Waals surface area contributed by atoms with E-state index in [0.29, 0.717) is 17.9 Å². The van der Waals surface area contributed by atoms with Gasteiger partial charge in [-0.3, -0.25) is 0 Å². The molecule has 94 valence electrons. The topological polar surface area (TPSA) is 52.3 Å². The van der Waals surface area contributed by atoms with E-state index in [9.17, 15) is 4.79 Å². The van der Waals surface area contributed by atoms with Crippen molar-refractivity contribution in [2.45, 2.75) is 39.5 Å². The summed E-state index contributed by atoms with van der Waals surface area (Å²) in [5, 5.41) is 0. The number of ether oxygens (including phenoxy) is 1. The Kier molecular flexibility index (Phi) is 5.53. The highest BCUT2D eigenvalue weighted by Crippen LogP contribution is 2.15. The largest absolute Gasteiger partial charge is 0.462 e. The molecule has 3 nitrogen and oxygen atoms in total. The zero-order valence-corrected chi connectivity index (χ0v) is 10.7. The molecule has 0 atom stereocenters. The van der Waals surface area contributed by atoms with E-state index in [1.807, 2.05) is 13.0 Å². The van der Waals surface area contributed by atoms with Crippen LogP contribution in [0, 0.1) is 6.92 Å². The third kappa shape index (κ3) is 4.47. The number of benzene rings is 1. The molecule has 1 aromatic rings. The number of carbonyl (C=O) groups excluding carboxylic acids is 1. The van der Waals surface area contributed by atoms with Crippen LogP contribution in [-0.4, -0.2) is 12.6 Å². The van der Waals surface area contributed by atoms with Gasteiger partial charge in [0.1, 0.15) is 0 Å². The summed E-state index contributed by atoms with van der Waals surface area (Å²) in [6.07, 6.45) is 4.39. The van der Waals surface area contributed by atoms with Crippen LogP contribution in [0.15, 0.2) is 18.2 Å². The Morgan fingerprint density at radius 3 is 2.76 bits per heavy atom. The van der Waals surface area contributed by atoms with Crippen LogP contribution in [0.3, 0.4) is 0 Å². The number of anilines is 1. The lowest BCUT2D eigenvalue weighted by Gasteiger charge is -2.07. The number of nitrogens with two attached hydrogens (primary N) is 1. The van der Waals surface area contributed by atoms with Gasteiger partial charge in [0.15, 0.2) is 0 Å². The Balaban J connectivity index is 2.44. The molecule has 1 aromatic carbocycles. The van der Waals surface area contributed by atoms with Gasteiger partial charge in [-0.25, -0.2) is 4.79 Å². The minimum atomic E-state index is -0.317. The Morgan fingerprint density at radius 2 is 2.06 bits per heavy atom. The van der Waals surface area contributed by atoms with Gasteiger partial charge in [-0.05, 0) is 25.5 Å². The summed E-state index contributed by atoms with van der Waals surface area (Å²) >= 11 is 0. The number of esters is 1. The van der Waals surface area contributed by atoms with Gasteiger partial charge in [0.2, 0.25) is 0 Å². The van der Waals surface area contributed by atoms with Crippen molar-refractivity contribution in [1.82, 2.24) is 0 Å². The molecule has 0 aliphatic heterocycles. The number of rotatable bonds is 6. The van der Waals surface area contributed by atoms with Gasteiger partial charge in [-0.1, -0.05) is 37.8 Å². The Morgan fingerprint density at radius 1 is 1.29 bits per heavy atom. The average Bonchev–Trinajstić information content (AvgIpc) is 2.32. The quantitative estimate of drug-likeness (QED) is 0.467. The van der Waals surface area contributed by atoms with Gasteiger partial charge < -0.3 is 10.5 Å². The normalized spacial score (nSPS) is 10.2. The second kappa shape index (κ2) is 6.94. The number of carbonyl (C=O) groups is 1. The predicted octanol–water partition coefficient (Wildman–Crippen LogP) is 3.31. The fourth-order valence-electron chi connectivity index (χ4n) is 1.62. The molecule has 1 rings (SSSR count). The molecular formula is C14H21NO2. The number of unbranched alkanes of at least 4 members (excludes halogenated alkanes) is 3. The van der Waals surface area contributed by atoms with E-state index in [1.165, 1.54) is 12.8 Å². The third-order valence-corrected chi connectivity index (χ3v) is 2.66. The number of aryl methyl sites for hydroxylation is 1. The van der Waals surface area contributed by atoms with Gasteiger partial charge in [0, 0.05) is 5.69 Å². The van der Waals surface area contributed by atoms with Crippen LogP contribution < -0.4 is 5.73 Å². The van der Waals surface area contributed by atoms with Crippen molar-refractivity contribution in [3.8, 4) is 0 Å². The van der Waals surface area contributed by atoms with Crippen molar-refractivity contribution in [3.63, 3.8) is 0 Å². The zero-order valence-electron chi connectivity index (χ0n) is 10.7. The van der Waals surface area contributed by atoms with Crippen molar-refractivity contribution in [1.29, 1.82) is 0 Å². The predicted molar refractivity (Wildman–Crippen MR) is 70.0 cm³/mol. The molecule has 0 amide bonds. The summed E-state index contributed by atoms with van der Waals surface area (Å²) < 4.78 is 5.19. The summed E-state index contributed by atoms with van der Waals surface area (Å²) in [6, 6.07) is 5.39. The molecule has 0 aromatic heterocycles. The minimum absolute atomic E-state index is 0.317. The molecule has 0 saturated heterocycles. The van der Waals surface area contributed by atoms with E-state index in [0.717, 1.165) is 18.4 Å². The standard InChI is InChI=1S/C14H21NO2/c1-3-4-5-6-9-17-14(16)12-10-11(2)7-8-13(12)15/h7-8,10H,3-6,9,15H2,1-2H3. The molecule has 0 heterocycles. The van der Waals surface area contributed by atoms with Gasteiger partial charge in [-0.2, -0.15) is 0 Å². The Labute approximate surface area is 103 Å². The van der Waals surface area contributed by atoms with Crippen molar-refractivity contribution in [3.05, 3.63) is 29.3 Å². The smallest absolute Gasteiger partial charge is 0.340 e. The maximum Gasteiger partial charge on any atom is 0.340 e. The molecule has 0 radical (unpaired) electrons. The number of hydrogen-bond donors (Lipinski definition) is 1. The lowest BCUT2D eigenvalue weighted by Crippen LogP contribution is -2.09. The molecule has 0 bridgehead atoms. The average molecular weight is 235 g/mol. The van der Waals surface area contributed by atoms with Crippen LogP contribution in [0.1, 0.15) is 48.5 Å². The molecule has 0 saturated carbocycles. The van der Waals surface area contributed by atoms with E-state index in [1.54, 1.807) is 12.1 Å². The lowest BCUT2D eigenvalue weighted by molar-refractivity contribution is 0.0499. The van der Waals surface area contributed by atoms with Gasteiger partial charge in [-0.15, -0.1) is 0 Å². The highest BCUT2D eigenvalue weighted by molar-refractivity contribution is 5.95. The second-order valence-corrected chi connectivity index (χ2v) is 4.29. The molecule has 2 N–H and O–H groups in total. The van der Waals surface area contributed by atoms with Crippen molar-refractivity contribution in [2.75, 3.05) is 12.3 Å². The van der Waals surface area contributed by atoms with Gasteiger partial charge in [0.05, 0.1) is 12.2 Å². The first-order chi connectivity index (χ1) is 8.15. The summed E-state index contributed by atoms with van der Waals surface area (Å²) in [4.78, 5) is 11.7. The molecule has 3 heteroatoms. The Hall–Kier alpha value is -1.51. The van der Waals surface area contributed by atoms with E-state index in [4.69, 9.17) is 10.5 Å². The first-order valence-electron chi connectivity index (χ1n) is 6.18. The van der Waals surface area contributed by atoms with E-state index >= 15 is 0 Å².